The highest BCUT2D eigenvalue weighted by molar-refractivity contribution is 7.92. The van der Waals surface area contributed by atoms with Crippen LogP contribution in [0.4, 0.5) is 5.69 Å². The number of sulfonamides is 1. The Morgan fingerprint density at radius 3 is 2.31 bits per heavy atom. The average molecular weight is 376 g/mol. The smallest absolute Gasteiger partial charge is 0.261 e. The van der Waals surface area contributed by atoms with Gasteiger partial charge in [0.15, 0.2) is 11.5 Å². The highest BCUT2D eigenvalue weighted by atomic mass is 32.2. The van der Waals surface area contributed by atoms with Crippen molar-refractivity contribution < 1.29 is 22.7 Å². The molecule has 1 unspecified atom stereocenters. The zero-order valence-electron chi connectivity index (χ0n) is 14.5. The molecular weight excluding hydrogens is 356 g/mol. The molecule has 7 nitrogen and oxygen atoms in total. The highest BCUT2D eigenvalue weighted by Gasteiger charge is 2.23. The normalized spacial score (nSPS) is 16.8. The number of nitrogens with one attached hydrogen (secondary N) is 2. The minimum Gasteiger partial charge on any atom is -0.493 e. The number of hydrogen-bond acceptors (Lipinski definition) is 5. The zero-order chi connectivity index (χ0) is 18.7. The van der Waals surface area contributed by atoms with Crippen LogP contribution in [0.1, 0.15) is 17.9 Å². The summed E-state index contributed by atoms with van der Waals surface area (Å²) in [6.07, 6.45) is 0.427. The van der Waals surface area contributed by atoms with Gasteiger partial charge >= 0.3 is 0 Å². The number of benzene rings is 2. The first-order valence-electron chi connectivity index (χ1n) is 8.04. The average Bonchev–Trinajstić information content (AvgIpc) is 3.08. The number of carbonyl (C=O) groups is 1. The number of rotatable bonds is 6. The van der Waals surface area contributed by atoms with Gasteiger partial charge in [-0.1, -0.05) is 12.1 Å². The molecule has 0 saturated carbocycles. The number of amides is 1. The van der Waals surface area contributed by atoms with Gasteiger partial charge in [0.1, 0.15) is 0 Å². The quantitative estimate of drug-likeness (QED) is 0.805. The standard InChI is InChI=1S/C18H20N2O5S/c1-24-16-8-5-14(10-17(16)25-2)20-26(22,23)15-6-3-12(4-7-15)13-9-18(21)19-11-13/h3-8,10,13,20H,9,11H2,1-2H3,(H,19,21). The summed E-state index contributed by atoms with van der Waals surface area (Å²) in [6.45, 7) is 0.578. The van der Waals surface area contributed by atoms with Gasteiger partial charge in [0.25, 0.3) is 10.0 Å². The lowest BCUT2D eigenvalue weighted by Crippen LogP contribution is -2.14. The van der Waals surface area contributed by atoms with Crippen LogP contribution in [0.2, 0.25) is 0 Å². The second-order valence-corrected chi connectivity index (χ2v) is 7.63. The van der Waals surface area contributed by atoms with Crippen LogP contribution < -0.4 is 19.5 Å². The van der Waals surface area contributed by atoms with E-state index in [1.807, 2.05) is 0 Å². The molecule has 1 heterocycles. The Labute approximate surface area is 152 Å². The summed E-state index contributed by atoms with van der Waals surface area (Å²) in [5, 5.41) is 2.77. The molecule has 0 aliphatic carbocycles. The van der Waals surface area contributed by atoms with Gasteiger partial charge in [0.05, 0.1) is 24.8 Å². The molecule has 26 heavy (non-hydrogen) atoms. The minimum atomic E-state index is -3.74. The van der Waals surface area contributed by atoms with E-state index in [4.69, 9.17) is 9.47 Å². The van der Waals surface area contributed by atoms with E-state index in [0.717, 1.165) is 5.56 Å². The van der Waals surface area contributed by atoms with Gasteiger partial charge in [-0.15, -0.1) is 0 Å². The van der Waals surface area contributed by atoms with Crippen LogP contribution in [-0.2, 0) is 14.8 Å². The minimum absolute atomic E-state index is 0.0156. The van der Waals surface area contributed by atoms with E-state index in [1.54, 1.807) is 42.5 Å². The first-order valence-corrected chi connectivity index (χ1v) is 9.53. The van der Waals surface area contributed by atoms with Gasteiger partial charge in [0, 0.05) is 24.9 Å². The van der Waals surface area contributed by atoms with Crippen LogP contribution in [0.15, 0.2) is 47.4 Å². The molecule has 2 N–H and O–H groups in total. The van der Waals surface area contributed by atoms with Crippen molar-refractivity contribution in [1.29, 1.82) is 0 Å². The van der Waals surface area contributed by atoms with Crippen molar-refractivity contribution in [2.24, 2.45) is 0 Å². The van der Waals surface area contributed by atoms with Crippen molar-refractivity contribution in [3.05, 3.63) is 48.0 Å². The molecular formula is C18H20N2O5S. The summed E-state index contributed by atoms with van der Waals surface area (Å²) in [5.41, 5.74) is 1.31. The molecule has 0 aromatic heterocycles. The van der Waals surface area contributed by atoms with Crippen LogP contribution in [0, 0.1) is 0 Å². The van der Waals surface area contributed by atoms with Crippen LogP contribution in [0.25, 0.3) is 0 Å². The molecule has 138 valence electrons. The lowest BCUT2D eigenvalue weighted by Gasteiger charge is -2.13. The van der Waals surface area contributed by atoms with Gasteiger partial charge in [-0.3, -0.25) is 9.52 Å². The Balaban J connectivity index is 1.79. The van der Waals surface area contributed by atoms with Crippen molar-refractivity contribution >= 4 is 21.6 Å². The molecule has 2 aromatic rings. The molecule has 0 radical (unpaired) electrons. The Bertz CT molecular complexity index is 910. The van der Waals surface area contributed by atoms with Crippen LogP contribution in [0.5, 0.6) is 11.5 Å². The topological polar surface area (TPSA) is 93.7 Å². The fraction of sp³-hybridized carbons (Fsp3) is 0.278. The Hall–Kier alpha value is -2.74. The van der Waals surface area contributed by atoms with Crippen molar-refractivity contribution in [3.63, 3.8) is 0 Å². The Morgan fingerprint density at radius 1 is 1.04 bits per heavy atom. The maximum atomic E-state index is 12.6. The highest BCUT2D eigenvalue weighted by Crippen LogP contribution is 2.31. The number of methoxy groups -OCH3 is 2. The summed E-state index contributed by atoms with van der Waals surface area (Å²) in [6, 6.07) is 11.4. The number of ether oxygens (including phenoxy) is 2. The van der Waals surface area contributed by atoms with E-state index in [1.165, 1.54) is 14.2 Å². The number of anilines is 1. The zero-order valence-corrected chi connectivity index (χ0v) is 15.3. The SMILES string of the molecule is COc1ccc(NS(=O)(=O)c2ccc(C3CNC(=O)C3)cc2)cc1OC. The van der Waals surface area contributed by atoms with Crippen molar-refractivity contribution in [1.82, 2.24) is 5.32 Å². The van der Waals surface area contributed by atoms with Crippen molar-refractivity contribution in [2.75, 3.05) is 25.5 Å². The van der Waals surface area contributed by atoms with Crippen molar-refractivity contribution in [3.8, 4) is 11.5 Å². The molecule has 0 spiro atoms. The Morgan fingerprint density at radius 2 is 1.73 bits per heavy atom. The number of carbonyl (C=O) groups excluding carboxylic acids is 1. The predicted octanol–water partition coefficient (Wildman–Crippen LogP) is 2.11. The van der Waals surface area contributed by atoms with Crippen LogP contribution >= 0.6 is 0 Å². The maximum absolute atomic E-state index is 12.6. The molecule has 1 fully saturated rings. The first kappa shape index (κ1) is 18.1. The van der Waals surface area contributed by atoms with E-state index in [-0.39, 0.29) is 16.7 Å². The van der Waals surface area contributed by atoms with Gasteiger partial charge in [0.2, 0.25) is 5.91 Å². The lowest BCUT2D eigenvalue weighted by molar-refractivity contribution is -0.119. The monoisotopic (exact) mass is 376 g/mol. The summed E-state index contributed by atoms with van der Waals surface area (Å²) >= 11 is 0. The molecule has 2 aromatic carbocycles. The van der Waals surface area contributed by atoms with Gasteiger partial charge in [-0.05, 0) is 29.8 Å². The second-order valence-electron chi connectivity index (χ2n) is 5.95. The van der Waals surface area contributed by atoms with E-state index in [0.29, 0.717) is 30.2 Å². The summed E-state index contributed by atoms with van der Waals surface area (Å²) in [7, 11) is -0.744. The van der Waals surface area contributed by atoms with E-state index >= 15 is 0 Å². The van der Waals surface area contributed by atoms with Crippen molar-refractivity contribution in [2.45, 2.75) is 17.2 Å². The molecule has 8 heteroatoms. The second kappa shape index (κ2) is 7.25. The maximum Gasteiger partial charge on any atom is 0.261 e. The molecule has 0 bridgehead atoms. The van der Waals surface area contributed by atoms with E-state index in [2.05, 4.69) is 10.0 Å². The molecule has 1 aliphatic heterocycles. The summed E-state index contributed by atoms with van der Waals surface area (Å²) < 4.78 is 38.0. The molecule has 1 atom stereocenters. The third kappa shape index (κ3) is 3.75. The largest absolute Gasteiger partial charge is 0.493 e. The summed E-state index contributed by atoms with van der Waals surface area (Å²) in [4.78, 5) is 11.5. The van der Waals surface area contributed by atoms with Crippen LogP contribution in [0.3, 0.4) is 0 Å². The third-order valence-electron chi connectivity index (χ3n) is 4.27. The summed E-state index contributed by atoms with van der Waals surface area (Å²) in [5.74, 6) is 1.04. The lowest BCUT2D eigenvalue weighted by atomic mass is 9.99. The molecule has 3 rings (SSSR count). The van der Waals surface area contributed by atoms with E-state index < -0.39 is 10.0 Å². The van der Waals surface area contributed by atoms with Gasteiger partial charge < -0.3 is 14.8 Å². The van der Waals surface area contributed by atoms with Gasteiger partial charge in [-0.25, -0.2) is 8.42 Å². The first-order chi connectivity index (χ1) is 12.4. The molecule has 1 aliphatic rings. The Kier molecular flexibility index (Phi) is 5.03. The van der Waals surface area contributed by atoms with Gasteiger partial charge in [-0.2, -0.15) is 0 Å². The van der Waals surface area contributed by atoms with Crippen LogP contribution in [-0.4, -0.2) is 35.1 Å². The predicted molar refractivity (Wildman–Crippen MR) is 97.2 cm³/mol. The fourth-order valence-electron chi connectivity index (χ4n) is 2.87. The molecule has 1 amide bonds. The van der Waals surface area contributed by atoms with E-state index in [9.17, 15) is 13.2 Å². The third-order valence-corrected chi connectivity index (χ3v) is 5.67. The molecule has 1 saturated heterocycles. The fourth-order valence-corrected chi connectivity index (χ4v) is 3.92. The number of hydrogen-bond donors (Lipinski definition) is 2.